The summed E-state index contributed by atoms with van der Waals surface area (Å²) in [5.41, 5.74) is 15.1. The number of hydrogen-bond acceptors (Lipinski definition) is 4. The molecule has 0 aromatic rings. The molecule has 0 aromatic heterocycles. The van der Waals surface area contributed by atoms with Gasteiger partial charge in [0.15, 0.2) is 0 Å². The average molecular weight is 198 g/mol. The molecule has 1 atom stereocenters. The van der Waals surface area contributed by atoms with E-state index in [-0.39, 0.29) is 19.0 Å². The van der Waals surface area contributed by atoms with Crippen LogP contribution < -0.4 is 17.2 Å². The summed E-state index contributed by atoms with van der Waals surface area (Å²) in [5, 5.41) is 0. The van der Waals surface area contributed by atoms with Crippen molar-refractivity contribution in [3.8, 4) is 0 Å². The maximum Gasteiger partial charge on any atom is 0.241 e. The molecule has 0 aliphatic carbocycles. The summed E-state index contributed by atoms with van der Waals surface area (Å²) < 4.78 is 0. The fourth-order valence-corrected chi connectivity index (χ4v) is 0.673. The van der Waals surface area contributed by atoms with E-state index in [1.54, 1.807) is 0 Å². The second-order valence-electron chi connectivity index (χ2n) is 2.57. The van der Waals surface area contributed by atoms with E-state index in [0.29, 0.717) is 0 Å². The zero-order valence-electron chi connectivity index (χ0n) is 7.72. The highest BCUT2D eigenvalue weighted by atomic mass is 16.1. The van der Waals surface area contributed by atoms with Crippen LogP contribution in [-0.2, 0) is 9.59 Å². The van der Waals surface area contributed by atoms with Crippen molar-refractivity contribution in [3.05, 3.63) is 12.2 Å². The summed E-state index contributed by atoms with van der Waals surface area (Å²) in [6.45, 7) is 0.235. The monoisotopic (exact) mass is 198 g/mol. The van der Waals surface area contributed by atoms with E-state index in [1.165, 1.54) is 18.4 Å². The third-order valence-electron chi connectivity index (χ3n) is 1.31. The van der Waals surface area contributed by atoms with Crippen LogP contribution in [0.15, 0.2) is 17.1 Å². The van der Waals surface area contributed by atoms with Crippen molar-refractivity contribution in [1.82, 2.24) is 0 Å². The maximum absolute atomic E-state index is 10.4. The fraction of sp³-hybridized carbons (Fsp3) is 0.375. The van der Waals surface area contributed by atoms with Crippen LogP contribution in [0.4, 0.5) is 0 Å². The van der Waals surface area contributed by atoms with Gasteiger partial charge < -0.3 is 17.2 Å². The zero-order chi connectivity index (χ0) is 11.0. The minimum absolute atomic E-state index is 0.0565. The molecule has 0 heterocycles. The van der Waals surface area contributed by atoms with E-state index >= 15 is 0 Å². The van der Waals surface area contributed by atoms with Crippen molar-refractivity contribution < 1.29 is 9.59 Å². The first-order valence-corrected chi connectivity index (χ1v) is 4.04. The highest BCUT2D eigenvalue weighted by Crippen LogP contribution is 1.90. The molecule has 6 nitrogen and oxygen atoms in total. The number of amides is 2. The Morgan fingerprint density at radius 1 is 1.36 bits per heavy atom. The van der Waals surface area contributed by atoms with Gasteiger partial charge in [-0.15, -0.1) is 0 Å². The van der Waals surface area contributed by atoms with Crippen LogP contribution in [0.1, 0.15) is 6.42 Å². The number of carbonyl (C=O) groups is 2. The number of rotatable bonds is 6. The molecular weight excluding hydrogens is 184 g/mol. The Balaban J connectivity index is 4.08. The Bertz CT molecular complexity index is 260. The van der Waals surface area contributed by atoms with Crippen molar-refractivity contribution in [2.45, 2.75) is 12.5 Å². The van der Waals surface area contributed by atoms with Crippen LogP contribution in [0.2, 0.25) is 0 Å². The van der Waals surface area contributed by atoms with Crippen LogP contribution in [0.25, 0.3) is 0 Å². The number of primary amides is 2. The number of carbonyl (C=O) groups excluding carboxylic acids is 2. The molecule has 1 unspecified atom stereocenters. The van der Waals surface area contributed by atoms with E-state index in [9.17, 15) is 9.59 Å². The van der Waals surface area contributed by atoms with E-state index in [0.717, 1.165) is 0 Å². The SMILES string of the molecule is NCC(C=CC(N)=O)N=CCC(N)=O. The molecule has 0 aromatic carbocycles. The lowest BCUT2D eigenvalue weighted by Crippen LogP contribution is -2.18. The largest absolute Gasteiger partial charge is 0.369 e. The minimum atomic E-state index is -0.562. The fourth-order valence-electron chi connectivity index (χ4n) is 0.673. The quantitative estimate of drug-likeness (QED) is 0.348. The molecule has 0 rings (SSSR count). The summed E-state index contributed by atoms with van der Waals surface area (Å²) in [7, 11) is 0. The molecular formula is C8H14N4O2. The van der Waals surface area contributed by atoms with Crippen LogP contribution in [0.3, 0.4) is 0 Å². The highest BCUT2D eigenvalue weighted by Gasteiger charge is 1.98. The minimum Gasteiger partial charge on any atom is -0.369 e. The molecule has 14 heavy (non-hydrogen) atoms. The third-order valence-corrected chi connectivity index (χ3v) is 1.31. The molecule has 0 fully saturated rings. The predicted octanol–water partition coefficient (Wildman–Crippen LogP) is -1.70. The lowest BCUT2D eigenvalue weighted by Gasteiger charge is -2.01. The van der Waals surface area contributed by atoms with E-state index < -0.39 is 11.8 Å². The molecule has 0 aliphatic heterocycles. The third kappa shape index (κ3) is 6.99. The summed E-state index contributed by atoms with van der Waals surface area (Å²) in [6, 6.07) is -0.346. The van der Waals surface area contributed by atoms with Gasteiger partial charge in [-0.3, -0.25) is 14.6 Å². The maximum atomic E-state index is 10.4. The van der Waals surface area contributed by atoms with Crippen molar-refractivity contribution in [2.24, 2.45) is 22.2 Å². The van der Waals surface area contributed by atoms with Crippen LogP contribution >= 0.6 is 0 Å². The lowest BCUT2D eigenvalue weighted by atomic mass is 10.2. The summed E-state index contributed by atoms with van der Waals surface area (Å²) in [6.07, 6.45) is 4.07. The zero-order valence-corrected chi connectivity index (χ0v) is 7.72. The van der Waals surface area contributed by atoms with Gasteiger partial charge in [0.1, 0.15) is 0 Å². The first kappa shape index (κ1) is 12.3. The van der Waals surface area contributed by atoms with Crippen molar-refractivity contribution >= 4 is 18.0 Å². The van der Waals surface area contributed by atoms with Crippen molar-refractivity contribution in [1.29, 1.82) is 0 Å². The molecule has 2 amide bonds. The van der Waals surface area contributed by atoms with Gasteiger partial charge >= 0.3 is 0 Å². The van der Waals surface area contributed by atoms with Gasteiger partial charge in [0.2, 0.25) is 11.8 Å². The van der Waals surface area contributed by atoms with Gasteiger partial charge in [-0.1, -0.05) is 6.08 Å². The van der Waals surface area contributed by atoms with Crippen LogP contribution in [0.5, 0.6) is 0 Å². The van der Waals surface area contributed by atoms with Gasteiger partial charge in [-0.25, -0.2) is 0 Å². The second kappa shape index (κ2) is 6.79. The smallest absolute Gasteiger partial charge is 0.241 e. The number of hydrogen-bond donors (Lipinski definition) is 3. The molecule has 6 N–H and O–H groups in total. The van der Waals surface area contributed by atoms with Gasteiger partial charge in [0.25, 0.3) is 0 Å². The summed E-state index contributed by atoms with van der Waals surface area (Å²) in [5.74, 6) is -1.03. The first-order chi connectivity index (χ1) is 6.56. The Hall–Kier alpha value is -1.69. The Kier molecular flexibility index (Phi) is 5.97. The molecule has 0 spiro atoms. The molecule has 0 aliphatic rings. The number of aliphatic imine (C=N–C) groups is 1. The molecule has 78 valence electrons. The number of nitrogens with two attached hydrogens (primary N) is 3. The molecule has 0 saturated carbocycles. The summed E-state index contributed by atoms with van der Waals surface area (Å²) >= 11 is 0. The van der Waals surface area contributed by atoms with Crippen LogP contribution in [0, 0.1) is 0 Å². The Labute approximate surface area is 81.8 Å². The Morgan fingerprint density at radius 2 is 2.00 bits per heavy atom. The topological polar surface area (TPSA) is 125 Å². The van der Waals surface area contributed by atoms with Crippen molar-refractivity contribution in [2.75, 3.05) is 6.54 Å². The predicted molar refractivity (Wildman–Crippen MR) is 53.5 cm³/mol. The van der Waals surface area contributed by atoms with Crippen molar-refractivity contribution in [3.63, 3.8) is 0 Å². The molecule has 0 radical (unpaired) electrons. The Morgan fingerprint density at radius 3 is 2.43 bits per heavy atom. The van der Waals surface area contributed by atoms with E-state index in [4.69, 9.17) is 17.2 Å². The lowest BCUT2D eigenvalue weighted by molar-refractivity contribution is -0.117. The first-order valence-electron chi connectivity index (χ1n) is 4.04. The van der Waals surface area contributed by atoms with Gasteiger partial charge in [0.05, 0.1) is 12.5 Å². The molecule has 0 saturated heterocycles. The van der Waals surface area contributed by atoms with E-state index in [1.807, 2.05) is 0 Å². The normalized spacial score (nSPS) is 13.5. The summed E-state index contributed by atoms with van der Waals surface area (Å²) in [4.78, 5) is 24.6. The highest BCUT2D eigenvalue weighted by molar-refractivity contribution is 5.88. The van der Waals surface area contributed by atoms with Gasteiger partial charge in [-0.05, 0) is 0 Å². The molecule has 0 bridgehead atoms. The van der Waals surface area contributed by atoms with E-state index in [2.05, 4.69) is 4.99 Å². The molecule has 6 heteroatoms. The van der Waals surface area contributed by atoms with Gasteiger partial charge in [0, 0.05) is 18.8 Å². The number of nitrogens with zero attached hydrogens (tertiary/aromatic N) is 1. The second-order valence-corrected chi connectivity index (χ2v) is 2.57. The van der Waals surface area contributed by atoms with Gasteiger partial charge in [-0.2, -0.15) is 0 Å². The van der Waals surface area contributed by atoms with Crippen LogP contribution in [-0.4, -0.2) is 30.6 Å². The average Bonchev–Trinajstić information content (AvgIpc) is 2.10. The standard InChI is InChI=1S/C8H14N4O2/c9-5-6(1-2-7(10)13)12-4-3-8(11)14/h1-2,4,6H,3,5,9H2,(H2,10,13)(H2,11,14).